The minimum absolute atomic E-state index is 0.00764. The molecule has 0 saturated carbocycles. The van der Waals surface area contributed by atoms with Crippen molar-refractivity contribution in [1.82, 2.24) is 10.2 Å². The van der Waals surface area contributed by atoms with Crippen LogP contribution in [0.25, 0.3) is 0 Å². The van der Waals surface area contributed by atoms with Crippen LogP contribution < -0.4 is 15.0 Å². The lowest BCUT2D eigenvalue weighted by Gasteiger charge is -2.39. The minimum atomic E-state index is -0.554. The van der Waals surface area contributed by atoms with Crippen LogP contribution in [0.1, 0.15) is 35.3 Å². The van der Waals surface area contributed by atoms with Crippen LogP contribution in [-0.4, -0.2) is 56.0 Å². The molecule has 1 aliphatic rings. The predicted octanol–water partition coefficient (Wildman–Crippen LogP) is 3.42. The van der Waals surface area contributed by atoms with Gasteiger partial charge >= 0.3 is 0 Å². The second kappa shape index (κ2) is 9.86. The largest absolute Gasteiger partial charge is 0.497 e. The highest BCUT2D eigenvalue weighted by Gasteiger charge is 2.31. The highest BCUT2D eigenvalue weighted by molar-refractivity contribution is 5.97. The molecule has 2 aromatic rings. The average molecular weight is 424 g/mol. The number of rotatable bonds is 6. The van der Waals surface area contributed by atoms with Crippen molar-refractivity contribution in [2.24, 2.45) is 5.92 Å². The van der Waals surface area contributed by atoms with Crippen molar-refractivity contribution in [1.29, 1.82) is 0 Å². The van der Waals surface area contributed by atoms with E-state index in [0.717, 1.165) is 13.1 Å². The molecular weight excluding hydrogens is 390 g/mol. The van der Waals surface area contributed by atoms with E-state index in [2.05, 4.69) is 42.3 Å². The number of carbonyl (C=O) groups excluding carboxylic acids is 2. The van der Waals surface area contributed by atoms with Crippen LogP contribution in [0.2, 0.25) is 0 Å². The van der Waals surface area contributed by atoms with Gasteiger partial charge in [-0.15, -0.1) is 0 Å². The summed E-state index contributed by atoms with van der Waals surface area (Å²) >= 11 is 0. The number of methoxy groups -OCH3 is 1. The van der Waals surface area contributed by atoms with E-state index in [1.807, 2.05) is 18.7 Å². The molecule has 1 N–H and O–H groups in total. The lowest BCUT2D eigenvalue weighted by atomic mass is 10.0. The van der Waals surface area contributed by atoms with Gasteiger partial charge in [0, 0.05) is 37.4 Å². The van der Waals surface area contributed by atoms with E-state index in [-0.39, 0.29) is 17.7 Å². The SMILES string of the molecule is COc1ccc(C(=O)N[C@H](C(=O)N2CCN(c3cccc(C)c3C)CC2)C(C)C)cc1. The van der Waals surface area contributed by atoms with E-state index in [1.54, 1.807) is 31.4 Å². The van der Waals surface area contributed by atoms with Gasteiger partial charge in [-0.05, 0) is 61.2 Å². The Morgan fingerprint density at radius 1 is 0.968 bits per heavy atom. The molecule has 1 saturated heterocycles. The minimum Gasteiger partial charge on any atom is -0.497 e. The second-order valence-corrected chi connectivity index (χ2v) is 8.46. The maximum atomic E-state index is 13.2. The molecule has 0 aliphatic carbocycles. The highest BCUT2D eigenvalue weighted by Crippen LogP contribution is 2.24. The summed E-state index contributed by atoms with van der Waals surface area (Å²) in [6.07, 6.45) is 0. The molecule has 2 aromatic carbocycles. The van der Waals surface area contributed by atoms with Crippen LogP contribution in [0, 0.1) is 19.8 Å². The number of anilines is 1. The van der Waals surface area contributed by atoms with Crippen LogP contribution in [-0.2, 0) is 4.79 Å². The lowest BCUT2D eigenvalue weighted by molar-refractivity contribution is -0.134. The number of carbonyl (C=O) groups is 2. The Balaban J connectivity index is 1.64. The van der Waals surface area contributed by atoms with Crippen molar-refractivity contribution in [3.63, 3.8) is 0 Å². The molecule has 1 atom stereocenters. The summed E-state index contributed by atoms with van der Waals surface area (Å²) in [6, 6.07) is 12.7. The summed E-state index contributed by atoms with van der Waals surface area (Å²) in [6.45, 7) is 11.1. The maximum absolute atomic E-state index is 13.2. The van der Waals surface area contributed by atoms with Gasteiger partial charge in [-0.3, -0.25) is 9.59 Å². The Morgan fingerprint density at radius 3 is 2.19 bits per heavy atom. The molecule has 31 heavy (non-hydrogen) atoms. The normalized spacial score (nSPS) is 15.0. The van der Waals surface area contributed by atoms with Crippen molar-refractivity contribution in [2.75, 3.05) is 38.2 Å². The zero-order valence-electron chi connectivity index (χ0n) is 19.1. The van der Waals surface area contributed by atoms with E-state index in [9.17, 15) is 9.59 Å². The molecule has 0 aromatic heterocycles. The van der Waals surface area contributed by atoms with Crippen molar-refractivity contribution in [3.05, 3.63) is 59.2 Å². The standard InChI is InChI=1S/C25H33N3O3/c1-17(2)23(26-24(29)20-9-11-21(31-5)12-10-20)25(30)28-15-13-27(14-16-28)22-8-6-7-18(3)19(22)4/h6-12,17,23H,13-16H2,1-5H3,(H,26,29)/t23-/m0/s1. The highest BCUT2D eigenvalue weighted by atomic mass is 16.5. The second-order valence-electron chi connectivity index (χ2n) is 8.46. The predicted molar refractivity (Wildman–Crippen MR) is 124 cm³/mol. The first-order valence-corrected chi connectivity index (χ1v) is 10.9. The van der Waals surface area contributed by atoms with Crippen molar-refractivity contribution in [3.8, 4) is 5.75 Å². The van der Waals surface area contributed by atoms with Crippen LogP contribution in [0.3, 0.4) is 0 Å². The van der Waals surface area contributed by atoms with Crippen LogP contribution in [0.4, 0.5) is 5.69 Å². The van der Waals surface area contributed by atoms with Crippen molar-refractivity contribution < 1.29 is 14.3 Å². The smallest absolute Gasteiger partial charge is 0.251 e. The first kappa shape index (κ1) is 22.7. The van der Waals surface area contributed by atoms with E-state index in [4.69, 9.17) is 4.74 Å². The van der Waals surface area contributed by atoms with E-state index in [1.165, 1.54) is 16.8 Å². The van der Waals surface area contributed by atoms with Crippen LogP contribution in [0.5, 0.6) is 5.75 Å². The van der Waals surface area contributed by atoms with Gasteiger partial charge in [0.2, 0.25) is 5.91 Å². The number of ether oxygens (including phenoxy) is 1. The first-order chi connectivity index (χ1) is 14.8. The molecule has 6 nitrogen and oxygen atoms in total. The number of benzene rings is 2. The molecule has 0 bridgehead atoms. The van der Waals surface area contributed by atoms with Crippen LogP contribution in [0.15, 0.2) is 42.5 Å². The molecule has 166 valence electrons. The summed E-state index contributed by atoms with van der Waals surface area (Å²) in [5.74, 6) is 0.419. The van der Waals surface area contributed by atoms with E-state index in [0.29, 0.717) is 24.4 Å². The lowest BCUT2D eigenvalue weighted by Crippen LogP contribution is -2.56. The zero-order valence-corrected chi connectivity index (χ0v) is 19.1. The fraction of sp³-hybridized carbons (Fsp3) is 0.440. The van der Waals surface area contributed by atoms with Crippen molar-refractivity contribution >= 4 is 17.5 Å². The van der Waals surface area contributed by atoms with E-state index >= 15 is 0 Å². The fourth-order valence-electron chi connectivity index (χ4n) is 3.92. The summed E-state index contributed by atoms with van der Waals surface area (Å²) in [4.78, 5) is 30.2. The molecule has 1 heterocycles. The monoisotopic (exact) mass is 423 g/mol. The number of hydrogen-bond acceptors (Lipinski definition) is 4. The Bertz CT molecular complexity index is 916. The molecule has 3 rings (SSSR count). The average Bonchev–Trinajstić information content (AvgIpc) is 2.78. The van der Waals surface area contributed by atoms with Gasteiger partial charge in [-0.2, -0.15) is 0 Å². The van der Waals surface area contributed by atoms with Crippen LogP contribution >= 0.6 is 0 Å². The molecule has 0 spiro atoms. The number of amides is 2. The summed E-state index contributed by atoms with van der Waals surface area (Å²) < 4.78 is 5.14. The summed E-state index contributed by atoms with van der Waals surface area (Å²) in [7, 11) is 1.59. The van der Waals surface area contributed by atoms with Gasteiger partial charge < -0.3 is 19.9 Å². The van der Waals surface area contributed by atoms with Gasteiger partial charge in [0.05, 0.1) is 7.11 Å². The van der Waals surface area contributed by atoms with Gasteiger partial charge in [0.15, 0.2) is 0 Å². The number of piperazine rings is 1. The molecule has 1 fully saturated rings. The molecule has 6 heteroatoms. The number of nitrogens with one attached hydrogen (secondary N) is 1. The quantitative estimate of drug-likeness (QED) is 0.773. The third-order valence-electron chi connectivity index (χ3n) is 6.08. The van der Waals surface area contributed by atoms with Crippen molar-refractivity contribution in [2.45, 2.75) is 33.7 Å². The first-order valence-electron chi connectivity index (χ1n) is 10.9. The Labute approximate surface area is 185 Å². The molecule has 0 unspecified atom stereocenters. The Morgan fingerprint density at radius 2 is 1.61 bits per heavy atom. The molecule has 2 amide bonds. The van der Waals surface area contributed by atoms with E-state index < -0.39 is 6.04 Å². The molecular formula is C25H33N3O3. The third kappa shape index (κ3) is 5.19. The van der Waals surface area contributed by atoms with Gasteiger partial charge in [0.1, 0.15) is 11.8 Å². The summed E-state index contributed by atoms with van der Waals surface area (Å²) in [5.41, 5.74) is 4.31. The molecule has 1 aliphatic heterocycles. The Kier molecular flexibility index (Phi) is 7.21. The van der Waals surface area contributed by atoms with Gasteiger partial charge in [-0.1, -0.05) is 26.0 Å². The Hall–Kier alpha value is -3.02. The number of hydrogen-bond donors (Lipinski definition) is 1. The number of nitrogens with zero attached hydrogens (tertiary/aromatic N) is 2. The maximum Gasteiger partial charge on any atom is 0.251 e. The zero-order chi connectivity index (χ0) is 22.5. The fourth-order valence-corrected chi connectivity index (χ4v) is 3.92. The van der Waals surface area contributed by atoms with Gasteiger partial charge in [-0.25, -0.2) is 0 Å². The van der Waals surface area contributed by atoms with Gasteiger partial charge in [0.25, 0.3) is 5.91 Å². The molecule has 0 radical (unpaired) electrons. The third-order valence-corrected chi connectivity index (χ3v) is 6.08. The summed E-state index contributed by atoms with van der Waals surface area (Å²) in [5, 5.41) is 2.94. The topological polar surface area (TPSA) is 61.9 Å². The number of aryl methyl sites for hydroxylation is 1.